The number of aliphatic carboxylic acids is 1. The standard InChI is InChI=1S/C16H29O6P/c1-21-13-22-9-5-6-10-23(19,20)12-15(16(17)18)11-14-7-3-2-4-8-14/h11,14H,2-10,12-13H2,1H3,(H,17,18)(H,19,20)/b15-11+. The van der Waals surface area contributed by atoms with E-state index in [2.05, 4.69) is 0 Å². The minimum absolute atomic E-state index is 0.0957. The summed E-state index contributed by atoms with van der Waals surface area (Å²) in [5.41, 5.74) is 0.0957. The summed E-state index contributed by atoms with van der Waals surface area (Å²) in [6.45, 7) is 0.682. The highest BCUT2D eigenvalue weighted by Gasteiger charge is 2.24. The second-order valence-corrected chi connectivity index (χ2v) is 8.60. The molecule has 0 aromatic heterocycles. The van der Waals surface area contributed by atoms with Crippen LogP contribution < -0.4 is 0 Å². The molecule has 134 valence electrons. The zero-order chi connectivity index (χ0) is 17.1. The van der Waals surface area contributed by atoms with Crippen LogP contribution in [0.5, 0.6) is 0 Å². The van der Waals surface area contributed by atoms with Gasteiger partial charge in [-0.15, -0.1) is 0 Å². The van der Waals surface area contributed by atoms with E-state index >= 15 is 0 Å². The van der Waals surface area contributed by atoms with Gasteiger partial charge in [0.15, 0.2) is 0 Å². The molecule has 0 radical (unpaired) electrons. The number of carbonyl (C=O) groups is 1. The van der Waals surface area contributed by atoms with E-state index < -0.39 is 13.3 Å². The fourth-order valence-corrected chi connectivity index (χ4v) is 4.48. The second kappa shape index (κ2) is 11.0. The van der Waals surface area contributed by atoms with Crippen molar-refractivity contribution in [2.45, 2.75) is 44.9 Å². The van der Waals surface area contributed by atoms with Crippen LogP contribution in [0.15, 0.2) is 11.6 Å². The molecule has 23 heavy (non-hydrogen) atoms. The van der Waals surface area contributed by atoms with Crippen LogP contribution in [-0.4, -0.2) is 48.8 Å². The van der Waals surface area contributed by atoms with Crippen molar-refractivity contribution in [3.63, 3.8) is 0 Å². The Morgan fingerprint density at radius 1 is 1.26 bits per heavy atom. The van der Waals surface area contributed by atoms with Crippen molar-refractivity contribution in [3.8, 4) is 0 Å². The van der Waals surface area contributed by atoms with Crippen molar-refractivity contribution in [1.29, 1.82) is 0 Å². The number of methoxy groups -OCH3 is 1. The Labute approximate surface area is 138 Å². The Morgan fingerprint density at radius 2 is 1.96 bits per heavy atom. The zero-order valence-corrected chi connectivity index (χ0v) is 14.8. The molecule has 2 N–H and O–H groups in total. The lowest BCUT2D eigenvalue weighted by Gasteiger charge is -2.19. The van der Waals surface area contributed by atoms with Gasteiger partial charge in [0.1, 0.15) is 6.79 Å². The number of unbranched alkanes of at least 4 members (excludes halogenated alkanes) is 1. The number of allylic oxidation sites excluding steroid dienone is 1. The van der Waals surface area contributed by atoms with E-state index in [1.54, 1.807) is 6.08 Å². The van der Waals surface area contributed by atoms with Gasteiger partial charge in [0, 0.05) is 25.5 Å². The summed E-state index contributed by atoms with van der Waals surface area (Å²) in [6.07, 6.45) is 8.14. The molecular weight excluding hydrogens is 319 g/mol. The lowest BCUT2D eigenvalue weighted by molar-refractivity contribution is -0.132. The molecule has 1 unspecified atom stereocenters. The quantitative estimate of drug-likeness (QED) is 0.258. The summed E-state index contributed by atoms with van der Waals surface area (Å²) >= 11 is 0. The molecule has 1 fully saturated rings. The van der Waals surface area contributed by atoms with Crippen LogP contribution in [0.2, 0.25) is 0 Å². The van der Waals surface area contributed by atoms with Gasteiger partial charge >= 0.3 is 5.97 Å². The van der Waals surface area contributed by atoms with E-state index in [1.807, 2.05) is 0 Å². The largest absolute Gasteiger partial charge is 0.478 e. The maximum atomic E-state index is 12.2. The third kappa shape index (κ3) is 9.26. The predicted octanol–water partition coefficient (Wildman–Crippen LogP) is 3.25. The third-order valence-electron chi connectivity index (χ3n) is 4.03. The van der Waals surface area contributed by atoms with E-state index in [4.69, 9.17) is 9.47 Å². The average molecular weight is 348 g/mol. The van der Waals surface area contributed by atoms with Gasteiger partial charge in [-0.05, 0) is 31.6 Å². The Bertz CT molecular complexity index is 428. The number of carboxylic acids is 1. The van der Waals surface area contributed by atoms with Gasteiger partial charge in [-0.25, -0.2) is 4.79 Å². The predicted molar refractivity (Wildman–Crippen MR) is 88.9 cm³/mol. The molecule has 7 heteroatoms. The van der Waals surface area contributed by atoms with Crippen LogP contribution in [0.4, 0.5) is 0 Å². The molecule has 0 heterocycles. The molecule has 0 spiro atoms. The second-order valence-electron chi connectivity index (χ2n) is 6.15. The van der Waals surface area contributed by atoms with Crippen LogP contribution in [0.25, 0.3) is 0 Å². The first-order chi connectivity index (χ1) is 10.9. The van der Waals surface area contributed by atoms with Crippen molar-refractivity contribution >= 4 is 13.3 Å². The van der Waals surface area contributed by atoms with Crippen molar-refractivity contribution in [1.82, 2.24) is 0 Å². The molecule has 0 amide bonds. The lowest BCUT2D eigenvalue weighted by atomic mass is 9.88. The molecule has 0 aromatic rings. The number of carboxylic acid groups (broad SMARTS) is 1. The Hall–Kier alpha value is -0.680. The number of rotatable bonds is 11. The van der Waals surface area contributed by atoms with Gasteiger partial charge in [-0.2, -0.15) is 0 Å². The molecule has 6 nitrogen and oxygen atoms in total. The van der Waals surface area contributed by atoms with Crippen molar-refractivity contribution in [2.75, 3.05) is 32.8 Å². The minimum Gasteiger partial charge on any atom is -0.478 e. The van der Waals surface area contributed by atoms with E-state index in [1.165, 1.54) is 13.5 Å². The first kappa shape index (κ1) is 20.4. The fraction of sp³-hybridized carbons (Fsp3) is 0.812. The van der Waals surface area contributed by atoms with Gasteiger partial charge in [-0.1, -0.05) is 25.3 Å². The van der Waals surface area contributed by atoms with Gasteiger partial charge in [0.2, 0.25) is 7.37 Å². The molecule has 1 atom stereocenters. The van der Waals surface area contributed by atoms with Crippen LogP contribution >= 0.6 is 7.37 Å². The van der Waals surface area contributed by atoms with Crippen molar-refractivity contribution in [3.05, 3.63) is 11.6 Å². The first-order valence-electron chi connectivity index (χ1n) is 8.26. The number of hydrogen-bond donors (Lipinski definition) is 2. The first-order valence-corrected chi connectivity index (χ1v) is 10.3. The van der Waals surface area contributed by atoms with Crippen molar-refractivity contribution < 1.29 is 28.8 Å². The van der Waals surface area contributed by atoms with Gasteiger partial charge in [0.05, 0.1) is 6.16 Å². The molecular formula is C16H29O6P. The average Bonchev–Trinajstić information content (AvgIpc) is 2.51. The summed E-state index contributed by atoms with van der Waals surface area (Å²) in [5.74, 6) is -0.842. The van der Waals surface area contributed by atoms with E-state index in [9.17, 15) is 19.4 Å². The van der Waals surface area contributed by atoms with Crippen LogP contribution in [-0.2, 0) is 18.8 Å². The van der Waals surface area contributed by atoms with Crippen LogP contribution in [0.3, 0.4) is 0 Å². The third-order valence-corrected chi connectivity index (χ3v) is 5.88. The Kier molecular flexibility index (Phi) is 9.72. The molecule has 1 rings (SSSR count). The monoisotopic (exact) mass is 348 g/mol. The summed E-state index contributed by atoms with van der Waals surface area (Å²) in [4.78, 5) is 21.4. The maximum absolute atomic E-state index is 12.2. The lowest BCUT2D eigenvalue weighted by Crippen LogP contribution is -2.12. The minimum atomic E-state index is -3.46. The van der Waals surface area contributed by atoms with Crippen LogP contribution in [0, 0.1) is 5.92 Å². The maximum Gasteiger partial charge on any atom is 0.331 e. The Balaban J connectivity index is 2.45. The SMILES string of the molecule is COCOCCCCP(=O)(O)C/C(=C\C1CCCCC1)C(=O)O. The summed E-state index contributed by atoms with van der Waals surface area (Å²) in [5, 5.41) is 9.30. The van der Waals surface area contributed by atoms with Gasteiger partial charge in [0.25, 0.3) is 0 Å². The summed E-state index contributed by atoms with van der Waals surface area (Å²) in [7, 11) is -1.93. The smallest absolute Gasteiger partial charge is 0.331 e. The highest BCUT2D eigenvalue weighted by Crippen LogP contribution is 2.43. The normalized spacial score (nSPS) is 19.5. The molecule has 1 aliphatic rings. The molecule has 0 saturated heterocycles. The molecule has 0 aromatic carbocycles. The van der Waals surface area contributed by atoms with Gasteiger partial charge in [-0.3, -0.25) is 4.57 Å². The molecule has 1 saturated carbocycles. The van der Waals surface area contributed by atoms with E-state index in [0.29, 0.717) is 19.4 Å². The van der Waals surface area contributed by atoms with E-state index in [0.717, 1.165) is 25.7 Å². The fourth-order valence-electron chi connectivity index (χ4n) is 2.83. The number of ether oxygens (including phenoxy) is 2. The topological polar surface area (TPSA) is 93.1 Å². The van der Waals surface area contributed by atoms with Gasteiger partial charge < -0.3 is 19.5 Å². The molecule has 0 bridgehead atoms. The van der Waals surface area contributed by atoms with Crippen LogP contribution in [0.1, 0.15) is 44.9 Å². The van der Waals surface area contributed by atoms with Crippen molar-refractivity contribution in [2.24, 2.45) is 5.92 Å². The summed E-state index contributed by atoms with van der Waals surface area (Å²) < 4.78 is 22.1. The molecule has 1 aliphatic carbocycles. The highest BCUT2D eigenvalue weighted by molar-refractivity contribution is 7.58. The number of hydrogen-bond acceptors (Lipinski definition) is 4. The molecule has 0 aliphatic heterocycles. The Morgan fingerprint density at radius 3 is 2.57 bits per heavy atom. The van der Waals surface area contributed by atoms with E-state index in [-0.39, 0.29) is 30.6 Å². The zero-order valence-electron chi connectivity index (χ0n) is 13.9. The highest BCUT2D eigenvalue weighted by atomic mass is 31.2. The summed E-state index contributed by atoms with van der Waals surface area (Å²) in [6, 6.07) is 0.